The summed E-state index contributed by atoms with van der Waals surface area (Å²) in [5.41, 5.74) is 2.91. The van der Waals surface area contributed by atoms with E-state index < -0.39 is 6.09 Å². The Morgan fingerprint density at radius 1 is 1.15 bits per heavy atom. The van der Waals surface area contributed by atoms with E-state index in [9.17, 15) is 4.79 Å². The Morgan fingerprint density at radius 3 is 2.65 bits per heavy atom. The molecule has 0 atom stereocenters. The minimum atomic E-state index is -0.528. The molecule has 20 heavy (non-hydrogen) atoms. The highest BCUT2D eigenvalue weighted by Crippen LogP contribution is 2.29. The average Bonchev–Trinajstić information content (AvgIpc) is 2.58. The van der Waals surface area contributed by atoms with Crippen LogP contribution >= 0.6 is 11.6 Å². The molecule has 2 aromatic rings. The summed E-state index contributed by atoms with van der Waals surface area (Å²) in [4.78, 5) is 18.1. The van der Waals surface area contributed by atoms with Gasteiger partial charge in [-0.05, 0) is 18.2 Å². The Labute approximate surface area is 121 Å². The molecule has 1 aliphatic rings. The SMILES string of the molecule is CN1C(=O)ON=C(c2ccccc2)c2cc(Cl)ccc21. The molecule has 2 aromatic carbocycles. The molecule has 4 nitrogen and oxygen atoms in total. The van der Waals surface area contributed by atoms with Crippen LogP contribution in [0.3, 0.4) is 0 Å². The molecule has 0 N–H and O–H groups in total. The van der Waals surface area contributed by atoms with Gasteiger partial charge in [0.1, 0.15) is 5.71 Å². The number of hydrogen-bond acceptors (Lipinski definition) is 3. The second kappa shape index (κ2) is 4.98. The van der Waals surface area contributed by atoms with Crippen molar-refractivity contribution < 1.29 is 9.63 Å². The van der Waals surface area contributed by atoms with Crippen molar-refractivity contribution in [2.75, 3.05) is 11.9 Å². The fourth-order valence-corrected chi connectivity index (χ4v) is 2.26. The van der Waals surface area contributed by atoms with E-state index in [0.29, 0.717) is 16.4 Å². The van der Waals surface area contributed by atoms with Crippen molar-refractivity contribution in [2.24, 2.45) is 5.16 Å². The molecule has 1 amide bonds. The summed E-state index contributed by atoms with van der Waals surface area (Å²) >= 11 is 6.07. The molecule has 0 saturated carbocycles. The van der Waals surface area contributed by atoms with Crippen LogP contribution in [-0.2, 0) is 4.84 Å². The van der Waals surface area contributed by atoms with E-state index in [-0.39, 0.29) is 0 Å². The van der Waals surface area contributed by atoms with Crippen molar-refractivity contribution in [3.63, 3.8) is 0 Å². The molecule has 1 aliphatic heterocycles. The molecule has 0 aromatic heterocycles. The van der Waals surface area contributed by atoms with E-state index in [4.69, 9.17) is 16.4 Å². The number of fused-ring (bicyclic) bond motifs is 1. The lowest BCUT2D eigenvalue weighted by atomic mass is 10.0. The van der Waals surface area contributed by atoms with Gasteiger partial charge in [-0.25, -0.2) is 4.79 Å². The van der Waals surface area contributed by atoms with Crippen molar-refractivity contribution in [3.8, 4) is 0 Å². The molecular weight excluding hydrogens is 276 g/mol. The Hall–Kier alpha value is -2.33. The average molecular weight is 287 g/mol. The fourth-order valence-electron chi connectivity index (χ4n) is 2.09. The van der Waals surface area contributed by atoms with Crippen molar-refractivity contribution in [1.29, 1.82) is 0 Å². The van der Waals surface area contributed by atoms with Gasteiger partial charge in [0.05, 0.1) is 5.69 Å². The third kappa shape index (κ3) is 2.14. The molecule has 0 unspecified atom stereocenters. The number of nitrogens with zero attached hydrogens (tertiary/aromatic N) is 2. The first-order valence-electron chi connectivity index (χ1n) is 6.05. The van der Waals surface area contributed by atoms with Crippen molar-refractivity contribution in [1.82, 2.24) is 0 Å². The summed E-state index contributed by atoms with van der Waals surface area (Å²) in [6.45, 7) is 0. The van der Waals surface area contributed by atoms with Crippen molar-refractivity contribution in [3.05, 3.63) is 64.7 Å². The quantitative estimate of drug-likeness (QED) is 0.751. The maximum absolute atomic E-state index is 11.8. The van der Waals surface area contributed by atoms with E-state index in [0.717, 1.165) is 11.1 Å². The first kappa shape index (κ1) is 12.7. The molecule has 0 spiro atoms. The Morgan fingerprint density at radius 2 is 1.90 bits per heavy atom. The van der Waals surface area contributed by atoms with Crippen LogP contribution in [0.4, 0.5) is 10.5 Å². The molecule has 0 radical (unpaired) electrons. The second-order valence-electron chi connectivity index (χ2n) is 4.38. The molecule has 0 bridgehead atoms. The Balaban J connectivity index is 2.23. The Bertz CT molecular complexity index is 698. The smallest absolute Gasteiger partial charge is 0.297 e. The van der Waals surface area contributed by atoms with Gasteiger partial charge in [-0.1, -0.05) is 47.1 Å². The highest BCUT2D eigenvalue weighted by atomic mass is 35.5. The number of hydrogen-bond donors (Lipinski definition) is 0. The van der Waals surface area contributed by atoms with Gasteiger partial charge in [0.15, 0.2) is 0 Å². The first-order valence-corrected chi connectivity index (χ1v) is 6.42. The number of halogens is 1. The number of oxime groups is 1. The van der Waals surface area contributed by atoms with Gasteiger partial charge in [-0.3, -0.25) is 9.74 Å². The van der Waals surface area contributed by atoms with Gasteiger partial charge in [-0.2, -0.15) is 0 Å². The third-order valence-corrected chi connectivity index (χ3v) is 3.35. The first-order chi connectivity index (χ1) is 9.66. The number of anilines is 1. The third-order valence-electron chi connectivity index (χ3n) is 3.11. The summed E-state index contributed by atoms with van der Waals surface area (Å²) < 4.78 is 0. The number of carbonyl (C=O) groups excluding carboxylic acids is 1. The van der Waals surface area contributed by atoms with Crippen LogP contribution in [0, 0.1) is 0 Å². The number of carbonyl (C=O) groups is 1. The zero-order valence-electron chi connectivity index (χ0n) is 10.7. The van der Waals surface area contributed by atoms with Crippen molar-refractivity contribution in [2.45, 2.75) is 0 Å². The predicted molar refractivity (Wildman–Crippen MR) is 78.4 cm³/mol. The number of amides is 1. The molecule has 5 heteroatoms. The summed E-state index contributed by atoms with van der Waals surface area (Å²) in [6, 6.07) is 14.8. The lowest BCUT2D eigenvalue weighted by Crippen LogP contribution is -2.25. The van der Waals surface area contributed by atoms with Crippen LogP contribution in [0.25, 0.3) is 0 Å². The van der Waals surface area contributed by atoms with Crippen LogP contribution in [0.1, 0.15) is 11.1 Å². The molecule has 1 heterocycles. The van der Waals surface area contributed by atoms with Gasteiger partial charge in [0.25, 0.3) is 0 Å². The van der Waals surface area contributed by atoms with Crippen LogP contribution in [0.15, 0.2) is 53.7 Å². The van der Waals surface area contributed by atoms with Gasteiger partial charge in [0, 0.05) is 23.2 Å². The molecule has 100 valence electrons. The molecular formula is C15H11ClN2O2. The normalized spacial score (nSPS) is 14.2. The van der Waals surface area contributed by atoms with E-state index in [1.807, 2.05) is 30.3 Å². The fraction of sp³-hybridized carbons (Fsp3) is 0.0667. The molecule has 3 rings (SSSR count). The van der Waals surface area contributed by atoms with Gasteiger partial charge in [-0.15, -0.1) is 0 Å². The van der Waals surface area contributed by atoms with E-state index in [1.54, 1.807) is 25.2 Å². The van der Waals surface area contributed by atoms with Crippen LogP contribution in [0.2, 0.25) is 5.02 Å². The van der Waals surface area contributed by atoms with Crippen LogP contribution < -0.4 is 4.90 Å². The minimum Gasteiger partial charge on any atom is -0.297 e. The van der Waals surface area contributed by atoms with Gasteiger partial charge < -0.3 is 0 Å². The lowest BCUT2D eigenvalue weighted by molar-refractivity contribution is 0.161. The maximum Gasteiger partial charge on any atom is 0.440 e. The Kier molecular flexibility index (Phi) is 3.16. The summed E-state index contributed by atoms with van der Waals surface area (Å²) in [5, 5.41) is 4.55. The number of rotatable bonds is 1. The lowest BCUT2D eigenvalue weighted by Gasteiger charge is -2.15. The largest absolute Gasteiger partial charge is 0.440 e. The monoisotopic (exact) mass is 286 g/mol. The topological polar surface area (TPSA) is 41.9 Å². The molecule has 0 fully saturated rings. The predicted octanol–water partition coefficient (Wildman–Crippen LogP) is 3.68. The highest BCUT2D eigenvalue weighted by Gasteiger charge is 2.24. The van der Waals surface area contributed by atoms with E-state index in [1.165, 1.54) is 4.90 Å². The zero-order chi connectivity index (χ0) is 14.1. The maximum atomic E-state index is 11.8. The van der Waals surface area contributed by atoms with Gasteiger partial charge >= 0.3 is 6.09 Å². The summed E-state index contributed by atoms with van der Waals surface area (Å²) in [7, 11) is 1.64. The minimum absolute atomic E-state index is 0.528. The van der Waals surface area contributed by atoms with Crippen LogP contribution in [0.5, 0.6) is 0 Å². The highest BCUT2D eigenvalue weighted by molar-refractivity contribution is 6.31. The van der Waals surface area contributed by atoms with Crippen LogP contribution in [-0.4, -0.2) is 18.9 Å². The zero-order valence-corrected chi connectivity index (χ0v) is 11.5. The van der Waals surface area contributed by atoms with Crippen molar-refractivity contribution >= 4 is 29.1 Å². The molecule has 0 aliphatic carbocycles. The number of benzene rings is 2. The molecule has 0 saturated heterocycles. The second-order valence-corrected chi connectivity index (χ2v) is 4.82. The van der Waals surface area contributed by atoms with E-state index >= 15 is 0 Å². The van der Waals surface area contributed by atoms with Gasteiger partial charge in [0.2, 0.25) is 0 Å². The summed E-state index contributed by atoms with van der Waals surface area (Å²) in [6.07, 6.45) is -0.528. The standard InChI is InChI=1S/C15H11ClN2O2/c1-18-13-8-7-11(16)9-12(13)14(17-20-15(18)19)10-5-3-2-4-6-10/h2-9H,1H3. The summed E-state index contributed by atoms with van der Waals surface area (Å²) in [5.74, 6) is 0. The van der Waals surface area contributed by atoms with E-state index in [2.05, 4.69) is 5.16 Å².